The van der Waals surface area contributed by atoms with E-state index < -0.39 is 0 Å². The summed E-state index contributed by atoms with van der Waals surface area (Å²) in [6.45, 7) is 4.52. The van der Waals surface area contributed by atoms with Gasteiger partial charge in [0, 0.05) is 15.3 Å². The minimum atomic E-state index is 0.0420. The van der Waals surface area contributed by atoms with E-state index >= 15 is 0 Å². The molecule has 2 aromatic rings. The molecule has 2 rings (SSSR count). The number of Topliss-reactive ketones (excluding diaryl/α,β-unsaturated/α-hetero) is 1. The Morgan fingerprint density at radius 1 is 1.20 bits per heavy atom. The van der Waals surface area contributed by atoms with Crippen LogP contribution in [0.15, 0.2) is 30.3 Å². The lowest BCUT2D eigenvalue weighted by Gasteiger charge is -2.05. The van der Waals surface area contributed by atoms with Crippen molar-refractivity contribution in [1.82, 2.24) is 0 Å². The van der Waals surface area contributed by atoms with Gasteiger partial charge in [0.1, 0.15) is 12.4 Å². The van der Waals surface area contributed by atoms with Crippen molar-refractivity contribution in [3.8, 4) is 5.75 Å². The van der Waals surface area contributed by atoms with Crippen molar-refractivity contribution in [2.45, 2.75) is 20.5 Å². The lowest BCUT2D eigenvalue weighted by atomic mass is 10.2. The second-order valence-electron chi connectivity index (χ2n) is 4.59. The lowest BCUT2D eigenvalue weighted by molar-refractivity contribution is 0.0726. The van der Waals surface area contributed by atoms with Gasteiger partial charge in [-0.25, -0.2) is 0 Å². The number of thiophene rings is 1. The number of methoxy groups -OCH3 is 1. The van der Waals surface area contributed by atoms with E-state index in [9.17, 15) is 4.79 Å². The molecule has 0 radical (unpaired) electrons. The van der Waals surface area contributed by atoms with Gasteiger partial charge in [0.15, 0.2) is 5.78 Å². The highest BCUT2D eigenvalue weighted by Gasteiger charge is 2.11. The fourth-order valence-corrected chi connectivity index (χ4v) is 2.91. The topological polar surface area (TPSA) is 35.5 Å². The molecule has 3 nitrogen and oxygen atoms in total. The second kappa shape index (κ2) is 6.68. The summed E-state index contributed by atoms with van der Waals surface area (Å²) in [5.41, 5.74) is 1.80. The molecular weight excluding hydrogens is 272 g/mol. The molecule has 0 spiro atoms. The number of ketones is 1. The first-order valence-electron chi connectivity index (χ1n) is 6.41. The van der Waals surface area contributed by atoms with Gasteiger partial charge < -0.3 is 9.47 Å². The average Bonchev–Trinajstić information content (AvgIpc) is 2.78. The smallest absolute Gasteiger partial charge is 0.189 e. The Morgan fingerprint density at radius 2 is 1.90 bits per heavy atom. The zero-order valence-corrected chi connectivity index (χ0v) is 12.8. The molecule has 1 aromatic heterocycles. The third-order valence-corrected chi connectivity index (χ3v) is 3.97. The van der Waals surface area contributed by atoms with Crippen molar-refractivity contribution >= 4 is 17.1 Å². The number of aryl methyl sites for hydroxylation is 2. The quantitative estimate of drug-likeness (QED) is 0.760. The van der Waals surface area contributed by atoms with Crippen LogP contribution in [0.25, 0.3) is 0 Å². The number of ether oxygens (including phenoxy) is 2. The van der Waals surface area contributed by atoms with Crippen LogP contribution in [0, 0.1) is 13.8 Å². The third-order valence-electron chi connectivity index (χ3n) is 3.00. The summed E-state index contributed by atoms with van der Waals surface area (Å²) >= 11 is 1.64. The standard InChI is InChI=1S/C16H18O3S/c1-11-8-15(12(2)20-11)16(17)10-19-9-13-4-6-14(18-3)7-5-13/h4-8H,9-10H2,1-3H3. The normalized spacial score (nSPS) is 10.6. The molecule has 0 aliphatic rings. The summed E-state index contributed by atoms with van der Waals surface area (Å²) in [5.74, 6) is 0.856. The second-order valence-corrected chi connectivity index (χ2v) is 6.05. The maximum atomic E-state index is 12.0. The fraction of sp³-hybridized carbons (Fsp3) is 0.312. The predicted octanol–water partition coefficient (Wildman–Crippen LogP) is 3.77. The Morgan fingerprint density at radius 3 is 2.45 bits per heavy atom. The Hall–Kier alpha value is -1.65. The zero-order chi connectivity index (χ0) is 14.5. The molecule has 0 fully saturated rings. The molecule has 0 aliphatic heterocycles. The Labute approximate surface area is 123 Å². The highest BCUT2D eigenvalue weighted by molar-refractivity contribution is 7.12. The molecule has 20 heavy (non-hydrogen) atoms. The van der Waals surface area contributed by atoms with Crippen LogP contribution >= 0.6 is 11.3 Å². The third kappa shape index (κ3) is 3.68. The van der Waals surface area contributed by atoms with Crippen molar-refractivity contribution < 1.29 is 14.3 Å². The number of hydrogen-bond acceptors (Lipinski definition) is 4. The molecule has 106 valence electrons. The Balaban J connectivity index is 1.86. The fourth-order valence-electron chi connectivity index (χ4n) is 1.97. The molecule has 1 aromatic carbocycles. The minimum Gasteiger partial charge on any atom is -0.497 e. The predicted molar refractivity (Wildman–Crippen MR) is 80.8 cm³/mol. The van der Waals surface area contributed by atoms with Crippen molar-refractivity contribution in [1.29, 1.82) is 0 Å². The van der Waals surface area contributed by atoms with E-state index in [1.807, 2.05) is 44.2 Å². The SMILES string of the molecule is COc1ccc(COCC(=O)c2cc(C)sc2C)cc1. The van der Waals surface area contributed by atoms with Crippen molar-refractivity contribution in [2.24, 2.45) is 0 Å². The van der Waals surface area contributed by atoms with Gasteiger partial charge in [-0.05, 0) is 37.6 Å². The molecule has 0 bridgehead atoms. The van der Waals surface area contributed by atoms with Gasteiger partial charge in [-0.15, -0.1) is 11.3 Å². The molecule has 0 aliphatic carbocycles. The summed E-state index contributed by atoms with van der Waals surface area (Å²) in [5, 5.41) is 0. The van der Waals surface area contributed by atoms with Gasteiger partial charge in [-0.2, -0.15) is 0 Å². The van der Waals surface area contributed by atoms with Gasteiger partial charge in [0.05, 0.1) is 13.7 Å². The summed E-state index contributed by atoms with van der Waals surface area (Å²) in [6.07, 6.45) is 0. The average molecular weight is 290 g/mol. The van der Waals surface area contributed by atoms with Crippen molar-refractivity contribution in [2.75, 3.05) is 13.7 Å². The van der Waals surface area contributed by atoms with E-state index in [2.05, 4.69) is 0 Å². The van der Waals surface area contributed by atoms with E-state index in [-0.39, 0.29) is 12.4 Å². The Bertz CT molecular complexity index is 584. The number of carbonyl (C=O) groups excluding carboxylic acids is 1. The van der Waals surface area contributed by atoms with E-state index in [0.29, 0.717) is 6.61 Å². The van der Waals surface area contributed by atoms with Crippen LogP contribution in [-0.2, 0) is 11.3 Å². The summed E-state index contributed by atoms with van der Waals surface area (Å²) in [6, 6.07) is 9.56. The van der Waals surface area contributed by atoms with Gasteiger partial charge in [0.25, 0.3) is 0 Å². The van der Waals surface area contributed by atoms with Crippen LogP contribution in [-0.4, -0.2) is 19.5 Å². The van der Waals surface area contributed by atoms with E-state index in [4.69, 9.17) is 9.47 Å². The maximum Gasteiger partial charge on any atom is 0.189 e. The van der Waals surface area contributed by atoms with Crippen molar-refractivity contribution in [3.05, 3.63) is 51.2 Å². The van der Waals surface area contributed by atoms with Crippen molar-refractivity contribution in [3.63, 3.8) is 0 Å². The van der Waals surface area contributed by atoms with Crippen LogP contribution in [0.4, 0.5) is 0 Å². The van der Waals surface area contributed by atoms with E-state index in [1.165, 1.54) is 0 Å². The van der Waals surface area contributed by atoms with Gasteiger partial charge >= 0.3 is 0 Å². The lowest BCUT2D eigenvalue weighted by Crippen LogP contribution is -2.09. The van der Waals surface area contributed by atoms with Crippen LogP contribution in [0.1, 0.15) is 25.7 Å². The van der Waals surface area contributed by atoms with E-state index in [0.717, 1.165) is 26.6 Å². The summed E-state index contributed by atoms with van der Waals surface area (Å²) in [4.78, 5) is 14.2. The summed E-state index contributed by atoms with van der Waals surface area (Å²) in [7, 11) is 1.63. The highest BCUT2D eigenvalue weighted by atomic mass is 32.1. The van der Waals surface area contributed by atoms with Crippen LogP contribution < -0.4 is 4.74 Å². The number of benzene rings is 1. The van der Waals surface area contributed by atoms with E-state index in [1.54, 1.807) is 18.4 Å². The van der Waals surface area contributed by atoms with Gasteiger partial charge in [-0.3, -0.25) is 4.79 Å². The molecule has 0 atom stereocenters. The Kier molecular flexibility index (Phi) is 4.93. The maximum absolute atomic E-state index is 12.0. The summed E-state index contributed by atoms with van der Waals surface area (Å²) < 4.78 is 10.6. The molecular formula is C16H18O3S. The molecule has 0 amide bonds. The first-order valence-corrected chi connectivity index (χ1v) is 7.22. The number of carbonyl (C=O) groups is 1. The number of rotatable bonds is 6. The van der Waals surface area contributed by atoms with Crippen LogP contribution in [0.3, 0.4) is 0 Å². The molecule has 0 N–H and O–H groups in total. The molecule has 4 heteroatoms. The monoisotopic (exact) mass is 290 g/mol. The number of hydrogen-bond donors (Lipinski definition) is 0. The van der Waals surface area contributed by atoms with Crippen LogP contribution in [0.5, 0.6) is 5.75 Å². The van der Waals surface area contributed by atoms with Gasteiger partial charge in [-0.1, -0.05) is 12.1 Å². The van der Waals surface area contributed by atoms with Gasteiger partial charge in [0.2, 0.25) is 0 Å². The van der Waals surface area contributed by atoms with Crippen LogP contribution in [0.2, 0.25) is 0 Å². The molecule has 0 saturated carbocycles. The minimum absolute atomic E-state index is 0.0420. The molecule has 0 unspecified atom stereocenters. The first-order chi connectivity index (χ1) is 9.60. The largest absolute Gasteiger partial charge is 0.497 e. The molecule has 0 saturated heterocycles. The highest BCUT2D eigenvalue weighted by Crippen LogP contribution is 2.21. The first kappa shape index (κ1) is 14.8. The molecule has 1 heterocycles. The zero-order valence-electron chi connectivity index (χ0n) is 11.9.